The van der Waals surface area contributed by atoms with Crippen molar-refractivity contribution in [1.29, 1.82) is 0 Å². The summed E-state index contributed by atoms with van der Waals surface area (Å²) < 4.78 is 3.16. The summed E-state index contributed by atoms with van der Waals surface area (Å²) in [7, 11) is 0. The summed E-state index contributed by atoms with van der Waals surface area (Å²) in [5, 5.41) is 5.34. The Morgan fingerprint density at radius 3 is 2.74 bits per heavy atom. The van der Waals surface area contributed by atoms with E-state index in [1.54, 1.807) is 16.2 Å². The molecule has 4 rings (SSSR count). The molecule has 2 aromatic rings. The van der Waals surface area contributed by atoms with Crippen molar-refractivity contribution in [1.82, 2.24) is 14.8 Å². The predicted molar refractivity (Wildman–Crippen MR) is 109 cm³/mol. The van der Waals surface area contributed by atoms with Gasteiger partial charge in [-0.1, -0.05) is 32.6 Å². The van der Waals surface area contributed by atoms with Crippen LogP contribution in [0.4, 0.5) is 0 Å². The summed E-state index contributed by atoms with van der Waals surface area (Å²) in [6.45, 7) is 5.12. The zero-order valence-electron chi connectivity index (χ0n) is 16.3. The number of nitrogens with one attached hydrogen (secondary N) is 1. The number of rotatable bonds is 4. The average Bonchev–Trinajstić information content (AvgIpc) is 3.13. The number of carbonyl (C=O) groups excluding carboxylic acids is 2. The SMILES string of the molecule is CCCN1C(=O)c2cc3sccc3n2C[C@]1(C)C(=O)NC1CCCCCC1. The Morgan fingerprint density at radius 2 is 2.04 bits per heavy atom. The molecule has 2 aromatic heterocycles. The van der Waals surface area contributed by atoms with Crippen LogP contribution < -0.4 is 5.32 Å². The maximum Gasteiger partial charge on any atom is 0.271 e. The minimum atomic E-state index is -0.847. The molecule has 0 spiro atoms. The topological polar surface area (TPSA) is 54.3 Å². The van der Waals surface area contributed by atoms with E-state index in [2.05, 4.69) is 18.3 Å². The van der Waals surface area contributed by atoms with Crippen molar-refractivity contribution in [2.24, 2.45) is 0 Å². The fourth-order valence-corrected chi connectivity index (χ4v) is 5.43. The van der Waals surface area contributed by atoms with Gasteiger partial charge in [0.2, 0.25) is 5.91 Å². The lowest BCUT2D eigenvalue weighted by Gasteiger charge is -2.44. The van der Waals surface area contributed by atoms with Crippen LogP contribution in [-0.2, 0) is 11.3 Å². The Balaban J connectivity index is 1.66. The maximum absolute atomic E-state index is 13.4. The van der Waals surface area contributed by atoms with Gasteiger partial charge in [0, 0.05) is 12.6 Å². The van der Waals surface area contributed by atoms with Crippen molar-refractivity contribution in [3.8, 4) is 0 Å². The van der Waals surface area contributed by atoms with Gasteiger partial charge in [-0.15, -0.1) is 11.3 Å². The van der Waals surface area contributed by atoms with Crippen molar-refractivity contribution in [2.45, 2.75) is 76.9 Å². The van der Waals surface area contributed by atoms with E-state index < -0.39 is 5.54 Å². The van der Waals surface area contributed by atoms with Gasteiger partial charge in [0.05, 0.1) is 16.8 Å². The number of fused-ring (bicyclic) bond motifs is 3. The highest BCUT2D eigenvalue weighted by atomic mass is 32.1. The number of carbonyl (C=O) groups is 2. The standard InChI is InChI=1S/C21H29N3O2S/c1-3-11-24-19(25)17-13-18-16(10-12-27-18)23(17)14-21(24,2)20(26)22-15-8-6-4-5-7-9-15/h10,12-13,15H,3-9,11,14H2,1-2H3,(H,22,26)/t21-/m1/s1. The highest BCUT2D eigenvalue weighted by molar-refractivity contribution is 7.17. The summed E-state index contributed by atoms with van der Waals surface area (Å²) in [5.41, 5.74) is 0.929. The van der Waals surface area contributed by atoms with Gasteiger partial charge in [-0.05, 0) is 43.7 Å². The van der Waals surface area contributed by atoms with E-state index in [-0.39, 0.29) is 17.9 Å². The van der Waals surface area contributed by atoms with E-state index in [0.717, 1.165) is 29.5 Å². The Labute approximate surface area is 164 Å². The van der Waals surface area contributed by atoms with Crippen molar-refractivity contribution in [3.05, 3.63) is 23.2 Å². The van der Waals surface area contributed by atoms with Gasteiger partial charge in [-0.25, -0.2) is 0 Å². The van der Waals surface area contributed by atoms with Crippen LogP contribution in [0.15, 0.2) is 17.5 Å². The summed E-state index contributed by atoms with van der Waals surface area (Å²) in [6, 6.07) is 4.27. The first kappa shape index (κ1) is 18.5. The number of hydrogen-bond acceptors (Lipinski definition) is 3. The molecular formula is C21H29N3O2S. The van der Waals surface area contributed by atoms with Crippen molar-refractivity contribution >= 4 is 33.4 Å². The Kier molecular flexibility index (Phi) is 5.01. The molecule has 0 unspecified atom stereocenters. The third-order valence-corrected chi connectivity index (χ3v) is 7.03. The molecule has 0 bridgehead atoms. The molecule has 1 aliphatic heterocycles. The van der Waals surface area contributed by atoms with Crippen LogP contribution in [0.1, 0.15) is 69.3 Å². The second-order valence-corrected chi connectivity index (χ2v) is 9.13. The van der Waals surface area contributed by atoms with Crippen LogP contribution in [0.3, 0.4) is 0 Å². The van der Waals surface area contributed by atoms with E-state index in [0.29, 0.717) is 18.8 Å². The molecule has 0 saturated heterocycles. The number of thiophene rings is 1. The zero-order valence-corrected chi connectivity index (χ0v) is 17.1. The van der Waals surface area contributed by atoms with Crippen LogP contribution in [-0.4, -0.2) is 39.4 Å². The van der Waals surface area contributed by atoms with Gasteiger partial charge in [-0.3, -0.25) is 9.59 Å². The molecule has 1 N–H and O–H groups in total. The van der Waals surface area contributed by atoms with Crippen LogP contribution in [0.2, 0.25) is 0 Å². The first-order chi connectivity index (χ1) is 13.0. The predicted octanol–water partition coefficient (Wildman–Crippen LogP) is 4.17. The molecule has 1 atom stereocenters. The minimum Gasteiger partial charge on any atom is -0.351 e. The Bertz CT molecular complexity index is 847. The van der Waals surface area contributed by atoms with E-state index in [1.807, 2.05) is 22.9 Å². The van der Waals surface area contributed by atoms with Crippen LogP contribution in [0.25, 0.3) is 10.2 Å². The van der Waals surface area contributed by atoms with E-state index in [1.165, 1.54) is 25.7 Å². The highest BCUT2D eigenvalue weighted by Gasteiger charge is 2.47. The fraction of sp³-hybridized carbons (Fsp3) is 0.619. The third-order valence-electron chi connectivity index (χ3n) is 6.18. The van der Waals surface area contributed by atoms with Crippen molar-refractivity contribution in [2.75, 3.05) is 6.54 Å². The van der Waals surface area contributed by atoms with Crippen LogP contribution in [0.5, 0.6) is 0 Å². The third kappa shape index (κ3) is 3.18. The highest BCUT2D eigenvalue weighted by Crippen LogP contribution is 2.34. The summed E-state index contributed by atoms with van der Waals surface area (Å²) in [6.07, 6.45) is 7.81. The molecule has 6 heteroatoms. The molecule has 1 saturated carbocycles. The monoisotopic (exact) mass is 387 g/mol. The molecule has 27 heavy (non-hydrogen) atoms. The average molecular weight is 388 g/mol. The van der Waals surface area contributed by atoms with E-state index in [4.69, 9.17) is 0 Å². The number of amides is 2. The van der Waals surface area contributed by atoms with E-state index in [9.17, 15) is 9.59 Å². The quantitative estimate of drug-likeness (QED) is 0.801. The molecule has 0 aromatic carbocycles. The molecule has 1 fully saturated rings. The van der Waals surface area contributed by atoms with Gasteiger partial charge < -0.3 is 14.8 Å². The normalized spacial score (nSPS) is 24.1. The number of aromatic nitrogens is 1. The lowest BCUT2D eigenvalue weighted by molar-refractivity contribution is -0.133. The molecule has 3 heterocycles. The minimum absolute atomic E-state index is 0.000991. The molecule has 2 aliphatic rings. The summed E-state index contributed by atoms with van der Waals surface area (Å²) in [4.78, 5) is 28.5. The molecule has 1 aliphatic carbocycles. The Hall–Kier alpha value is -1.82. The molecule has 0 radical (unpaired) electrons. The zero-order chi connectivity index (χ0) is 19.0. The number of nitrogens with zero attached hydrogens (tertiary/aromatic N) is 2. The first-order valence-electron chi connectivity index (χ1n) is 10.2. The van der Waals surface area contributed by atoms with Crippen molar-refractivity contribution in [3.63, 3.8) is 0 Å². The first-order valence-corrected chi connectivity index (χ1v) is 11.1. The Morgan fingerprint density at radius 1 is 1.30 bits per heavy atom. The van der Waals surface area contributed by atoms with Crippen LogP contribution >= 0.6 is 11.3 Å². The lowest BCUT2D eigenvalue weighted by atomic mass is 9.93. The fourth-order valence-electron chi connectivity index (χ4n) is 4.61. The summed E-state index contributed by atoms with van der Waals surface area (Å²) in [5.74, 6) is -0.0241. The smallest absolute Gasteiger partial charge is 0.271 e. The largest absolute Gasteiger partial charge is 0.351 e. The molecule has 2 amide bonds. The van der Waals surface area contributed by atoms with Crippen LogP contribution in [0, 0.1) is 0 Å². The lowest BCUT2D eigenvalue weighted by Crippen LogP contribution is -2.65. The number of hydrogen-bond donors (Lipinski definition) is 1. The van der Waals surface area contributed by atoms with Crippen molar-refractivity contribution < 1.29 is 9.59 Å². The summed E-state index contributed by atoms with van der Waals surface area (Å²) >= 11 is 1.64. The van der Waals surface area contributed by atoms with Gasteiger partial charge in [0.25, 0.3) is 5.91 Å². The van der Waals surface area contributed by atoms with Gasteiger partial charge in [0.1, 0.15) is 11.2 Å². The molecule has 5 nitrogen and oxygen atoms in total. The second-order valence-electron chi connectivity index (χ2n) is 8.18. The van der Waals surface area contributed by atoms with E-state index >= 15 is 0 Å². The molecular weight excluding hydrogens is 358 g/mol. The molecule has 146 valence electrons. The van der Waals surface area contributed by atoms with Gasteiger partial charge >= 0.3 is 0 Å². The maximum atomic E-state index is 13.4. The van der Waals surface area contributed by atoms with Gasteiger partial charge in [0.15, 0.2) is 0 Å². The van der Waals surface area contributed by atoms with Gasteiger partial charge in [-0.2, -0.15) is 0 Å². The second kappa shape index (κ2) is 7.30.